The summed E-state index contributed by atoms with van der Waals surface area (Å²) < 4.78 is 10.8. The molecule has 3 heterocycles. The van der Waals surface area contributed by atoms with Gasteiger partial charge < -0.3 is 9.30 Å². The van der Waals surface area contributed by atoms with Crippen molar-refractivity contribution in [3.05, 3.63) is 131 Å². The Morgan fingerprint density at radius 3 is 2.19 bits per heavy atom. The maximum Gasteiger partial charge on any atom is 2.00 e. The molecule has 7 aromatic rings. The number of nitrogens with zero attached hydrogens (tertiary/aromatic N) is 4. The van der Waals surface area contributed by atoms with Crippen LogP contribution in [0.15, 0.2) is 91.4 Å². The first-order chi connectivity index (χ1) is 24.8. The average molecular weight is 882 g/mol. The summed E-state index contributed by atoms with van der Waals surface area (Å²) in [4.78, 5) is 4.84. The SMILES string of the molecule is Cc1cc(C(C)C)c(-c2cnn(-c3[c-]c(Oc4[c-]c5c(cc4)c4ccccc4n5-c4cc(C(C)(C)C)ccn4)cc(CC(C)C)c3)c2)c(C(C)C)c1.[Pt+2]. The maximum absolute atomic E-state index is 6.66. The molecular weight excluding hydrogens is 832 g/mol. The molecule has 5 nitrogen and oxygen atoms in total. The van der Waals surface area contributed by atoms with Gasteiger partial charge >= 0.3 is 21.1 Å². The topological polar surface area (TPSA) is 44.9 Å². The molecule has 0 N–H and O–H groups in total. The van der Waals surface area contributed by atoms with Crippen molar-refractivity contribution in [2.24, 2.45) is 5.92 Å². The molecule has 0 unspecified atom stereocenters. The van der Waals surface area contributed by atoms with Crippen molar-refractivity contribution in [3.63, 3.8) is 0 Å². The molecule has 0 fully saturated rings. The minimum absolute atomic E-state index is 0. The Morgan fingerprint density at radius 1 is 0.792 bits per heavy atom. The second kappa shape index (κ2) is 15.1. The monoisotopic (exact) mass is 881 g/mol. The fraction of sp³-hybridized carbons (Fsp3) is 0.319. The standard InChI is InChI=1S/C47H50N4O.Pt/c1-29(2)19-33-22-36(50-28-34(27-49-50)46-41(30(3)4)20-32(7)21-42(46)31(5)6)25-38(23-33)52-37-15-16-40-39-13-11-12-14-43(39)51(44(40)26-37)45-24-35(17-18-48-45)47(8,9)10;/h11-18,20-24,27-31H,19H2,1-10H3;/q-2;+2. The molecule has 53 heavy (non-hydrogen) atoms. The van der Waals surface area contributed by atoms with Gasteiger partial charge in [-0.2, -0.15) is 16.7 Å². The number of rotatable bonds is 9. The third-order valence-electron chi connectivity index (χ3n) is 9.86. The smallest absolute Gasteiger partial charge is 0.509 e. The Bertz CT molecular complexity index is 2380. The zero-order valence-corrected chi connectivity index (χ0v) is 34.9. The van der Waals surface area contributed by atoms with E-state index in [4.69, 9.17) is 14.8 Å². The first kappa shape index (κ1) is 38.3. The summed E-state index contributed by atoms with van der Waals surface area (Å²) in [5.41, 5.74) is 11.7. The van der Waals surface area contributed by atoms with Crippen LogP contribution in [0.5, 0.6) is 11.5 Å². The van der Waals surface area contributed by atoms with Crippen LogP contribution in [-0.4, -0.2) is 19.3 Å². The van der Waals surface area contributed by atoms with Crippen LogP contribution in [0.1, 0.15) is 102 Å². The molecular formula is C47H50N4OPt. The third kappa shape index (κ3) is 7.78. The van der Waals surface area contributed by atoms with E-state index in [9.17, 15) is 0 Å². The van der Waals surface area contributed by atoms with Crippen LogP contribution in [-0.2, 0) is 32.9 Å². The largest absolute Gasteiger partial charge is 2.00 e. The summed E-state index contributed by atoms with van der Waals surface area (Å²) in [6, 6.07) is 33.0. The Balaban J connectivity index is 0.00000481. The molecule has 0 radical (unpaired) electrons. The fourth-order valence-electron chi connectivity index (χ4n) is 7.32. The van der Waals surface area contributed by atoms with E-state index in [-0.39, 0.29) is 26.5 Å². The summed E-state index contributed by atoms with van der Waals surface area (Å²) in [5.74, 6) is 3.38. The molecule has 3 aromatic heterocycles. The fourth-order valence-corrected chi connectivity index (χ4v) is 7.32. The molecule has 7 rings (SSSR count). The van der Waals surface area contributed by atoms with E-state index < -0.39 is 0 Å². The molecule has 4 aromatic carbocycles. The Hall–Kier alpha value is -4.47. The minimum atomic E-state index is -0.00805. The molecule has 0 aliphatic carbocycles. The quantitative estimate of drug-likeness (QED) is 0.136. The predicted molar refractivity (Wildman–Crippen MR) is 215 cm³/mol. The molecule has 0 spiro atoms. The Morgan fingerprint density at radius 2 is 1.51 bits per heavy atom. The van der Waals surface area contributed by atoms with Crippen LogP contribution < -0.4 is 4.74 Å². The summed E-state index contributed by atoms with van der Waals surface area (Å²) in [6.07, 6.45) is 6.95. The predicted octanol–water partition coefficient (Wildman–Crippen LogP) is 12.5. The average Bonchev–Trinajstić information content (AvgIpc) is 3.70. The van der Waals surface area contributed by atoms with Gasteiger partial charge in [0, 0.05) is 35.0 Å². The molecule has 0 atom stereocenters. The van der Waals surface area contributed by atoms with Crippen LogP contribution in [0.2, 0.25) is 0 Å². The van der Waals surface area contributed by atoms with Crippen LogP contribution in [0, 0.1) is 25.0 Å². The molecule has 0 aliphatic heterocycles. The number of aryl methyl sites for hydroxylation is 1. The number of fused-ring (bicyclic) bond motifs is 3. The molecule has 274 valence electrons. The van der Waals surface area contributed by atoms with Crippen molar-refractivity contribution >= 4 is 21.8 Å². The van der Waals surface area contributed by atoms with E-state index in [0.717, 1.165) is 45.3 Å². The zero-order valence-electron chi connectivity index (χ0n) is 32.6. The number of ether oxygens (including phenoxy) is 1. The normalized spacial score (nSPS) is 12.0. The van der Waals surface area contributed by atoms with Gasteiger partial charge in [-0.25, -0.2) is 4.98 Å². The van der Waals surface area contributed by atoms with E-state index in [1.165, 1.54) is 33.4 Å². The minimum Gasteiger partial charge on any atom is -0.509 e. The summed E-state index contributed by atoms with van der Waals surface area (Å²) in [7, 11) is 0. The first-order valence-corrected chi connectivity index (χ1v) is 18.6. The van der Waals surface area contributed by atoms with Gasteiger partial charge in [-0.3, -0.25) is 4.68 Å². The maximum atomic E-state index is 6.66. The number of aromatic nitrogens is 4. The second-order valence-corrected chi connectivity index (χ2v) is 16.3. The number of para-hydroxylation sites is 1. The second-order valence-electron chi connectivity index (χ2n) is 16.3. The van der Waals surface area contributed by atoms with Crippen molar-refractivity contribution in [2.45, 2.75) is 92.9 Å². The molecule has 0 bridgehead atoms. The van der Waals surface area contributed by atoms with Gasteiger partial charge in [-0.15, -0.1) is 35.7 Å². The Labute approximate surface area is 329 Å². The van der Waals surface area contributed by atoms with Crippen molar-refractivity contribution in [2.75, 3.05) is 0 Å². The third-order valence-corrected chi connectivity index (χ3v) is 9.86. The van der Waals surface area contributed by atoms with E-state index in [1.54, 1.807) is 0 Å². The van der Waals surface area contributed by atoms with Gasteiger partial charge in [0.1, 0.15) is 5.82 Å². The first-order valence-electron chi connectivity index (χ1n) is 18.6. The van der Waals surface area contributed by atoms with Crippen molar-refractivity contribution in [3.8, 4) is 34.1 Å². The number of pyridine rings is 1. The van der Waals surface area contributed by atoms with Gasteiger partial charge in [0.05, 0.1) is 6.20 Å². The molecule has 6 heteroatoms. The number of hydrogen-bond donors (Lipinski definition) is 0. The molecule has 0 saturated carbocycles. The van der Waals surface area contributed by atoms with Crippen molar-refractivity contribution in [1.82, 2.24) is 19.3 Å². The Kier molecular flexibility index (Phi) is 10.9. The number of benzene rings is 4. The van der Waals surface area contributed by atoms with E-state index in [1.807, 2.05) is 23.1 Å². The molecule has 0 aliphatic rings. The summed E-state index contributed by atoms with van der Waals surface area (Å²) in [5, 5.41) is 7.16. The van der Waals surface area contributed by atoms with Crippen LogP contribution in [0.4, 0.5) is 0 Å². The van der Waals surface area contributed by atoms with Gasteiger partial charge in [0.15, 0.2) is 0 Å². The van der Waals surface area contributed by atoms with Crippen LogP contribution in [0.25, 0.3) is 44.4 Å². The van der Waals surface area contributed by atoms with Gasteiger partial charge in [0.2, 0.25) is 0 Å². The van der Waals surface area contributed by atoms with Gasteiger partial charge in [-0.1, -0.05) is 104 Å². The number of hydrogen-bond acceptors (Lipinski definition) is 3. The van der Waals surface area contributed by atoms with Crippen molar-refractivity contribution in [1.29, 1.82) is 0 Å². The van der Waals surface area contributed by atoms with E-state index in [0.29, 0.717) is 29.3 Å². The van der Waals surface area contributed by atoms with Crippen molar-refractivity contribution < 1.29 is 25.8 Å². The van der Waals surface area contributed by atoms with Crippen LogP contribution in [0.3, 0.4) is 0 Å². The van der Waals surface area contributed by atoms with Gasteiger partial charge in [-0.05, 0) is 88.0 Å². The molecule has 0 amide bonds. The van der Waals surface area contributed by atoms with Crippen LogP contribution >= 0.6 is 0 Å². The zero-order chi connectivity index (χ0) is 36.9. The summed E-state index contributed by atoms with van der Waals surface area (Å²) >= 11 is 0. The molecule has 0 saturated heterocycles. The summed E-state index contributed by atoms with van der Waals surface area (Å²) in [6.45, 7) is 22.4. The van der Waals surface area contributed by atoms with E-state index >= 15 is 0 Å². The van der Waals surface area contributed by atoms with Gasteiger partial charge in [0.25, 0.3) is 0 Å². The van der Waals surface area contributed by atoms with E-state index in [2.05, 4.69) is 159 Å².